The van der Waals surface area contributed by atoms with Crippen molar-refractivity contribution in [3.8, 4) is 6.07 Å². The van der Waals surface area contributed by atoms with Crippen molar-refractivity contribution in [3.05, 3.63) is 119 Å². The van der Waals surface area contributed by atoms with Crippen LogP contribution in [-0.2, 0) is 17.8 Å². The van der Waals surface area contributed by atoms with Crippen molar-refractivity contribution in [1.29, 1.82) is 5.26 Å². The van der Waals surface area contributed by atoms with Crippen molar-refractivity contribution in [2.24, 2.45) is 0 Å². The highest BCUT2D eigenvalue weighted by atomic mass is 16.1. The largest absolute Gasteiger partial charge is 0.342 e. The number of aromatic nitrogens is 1. The molecule has 5 aromatic rings. The number of nitrogens with one attached hydrogen (secondary N) is 1. The van der Waals surface area contributed by atoms with Crippen LogP contribution in [0.4, 0.5) is 5.69 Å². The molecule has 0 aliphatic carbocycles. The number of rotatable bonds is 6. The molecule has 170 valence electrons. The second-order valence-corrected chi connectivity index (χ2v) is 8.59. The molecule has 0 spiro atoms. The Morgan fingerprint density at radius 1 is 0.914 bits per heavy atom. The van der Waals surface area contributed by atoms with Crippen molar-refractivity contribution >= 4 is 39.3 Å². The number of anilines is 1. The zero-order valence-corrected chi connectivity index (χ0v) is 19.5. The lowest BCUT2D eigenvalue weighted by Crippen LogP contribution is -2.13. The summed E-state index contributed by atoms with van der Waals surface area (Å²) in [5, 5.41) is 16.0. The van der Waals surface area contributed by atoms with E-state index in [9.17, 15) is 10.1 Å². The van der Waals surface area contributed by atoms with E-state index in [1.807, 2.05) is 60.8 Å². The number of nitriles is 1. The molecule has 5 rings (SSSR count). The molecule has 0 radical (unpaired) electrons. The quantitative estimate of drug-likeness (QED) is 0.222. The maximum Gasteiger partial charge on any atom is 0.266 e. The first-order valence-electron chi connectivity index (χ1n) is 11.7. The van der Waals surface area contributed by atoms with Gasteiger partial charge in [0.15, 0.2) is 0 Å². The van der Waals surface area contributed by atoms with Gasteiger partial charge in [0.1, 0.15) is 11.6 Å². The summed E-state index contributed by atoms with van der Waals surface area (Å²) in [5.41, 5.74) is 5.02. The van der Waals surface area contributed by atoms with E-state index in [0.717, 1.165) is 22.9 Å². The van der Waals surface area contributed by atoms with Crippen LogP contribution in [-0.4, -0.2) is 10.5 Å². The number of carbonyl (C=O) groups is 1. The van der Waals surface area contributed by atoms with Crippen molar-refractivity contribution < 1.29 is 4.79 Å². The molecular weight excluding hydrogens is 430 g/mol. The first-order chi connectivity index (χ1) is 17.1. The smallest absolute Gasteiger partial charge is 0.266 e. The van der Waals surface area contributed by atoms with Crippen LogP contribution in [0.3, 0.4) is 0 Å². The summed E-state index contributed by atoms with van der Waals surface area (Å²) in [6.45, 7) is 2.78. The van der Waals surface area contributed by atoms with E-state index >= 15 is 0 Å². The fourth-order valence-corrected chi connectivity index (χ4v) is 4.38. The van der Waals surface area contributed by atoms with E-state index in [4.69, 9.17) is 0 Å². The fourth-order valence-electron chi connectivity index (χ4n) is 4.38. The molecule has 4 aromatic carbocycles. The van der Waals surface area contributed by atoms with Gasteiger partial charge < -0.3 is 9.88 Å². The summed E-state index contributed by atoms with van der Waals surface area (Å²) in [4.78, 5) is 12.9. The molecule has 1 amide bonds. The molecule has 1 N–H and O–H groups in total. The maximum atomic E-state index is 12.9. The summed E-state index contributed by atoms with van der Waals surface area (Å²) < 4.78 is 2.17. The Kier molecular flexibility index (Phi) is 6.15. The second-order valence-electron chi connectivity index (χ2n) is 8.59. The highest BCUT2D eigenvalue weighted by molar-refractivity contribution is 6.10. The molecule has 1 heterocycles. The van der Waals surface area contributed by atoms with E-state index in [1.54, 1.807) is 6.08 Å². The molecule has 0 aliphatic rings. The first-order valence-corrected chi connectivity index (χ1v) is 11.7. The molecule has 0 aliphatic heterocycles. The van der Waals surface area contributed by atoms with Crippen molar-refractivity contribution in [2.75, 3.05) is 5.32 Å². The Labute approximate surface area is 204 Å². The van der Waals surface area contributed by atoms with Crippen molar-refractivity contribution in [2.45, 2.75) is 19.9 Å². The Bertz CT molecular complexity index is 1600. The Hall–Kier alpha value is -4.62. The van der Waals surface area contributed by atoms with Crippen LogP contribution in [0.15, 0.2) is 103 Å². The van der Waals surface area contributed by atoms with Gasteiger partial charge in [-0.2, -0.15) is 5.26 Å². The summed E-state index contributed by atoms with van der Waals surface area (Å²) in [6.07, 6.45) is 4.62. The third kappa shape index (κ3) is 4.71. The number of benzene rings is 4. The lowest BCUT2D eigenvalue weighted by atomic mass is 10.1. The van der Waals surface area contributed by atoms with Gasteiger partial charge in [0, 0.05) is 34.9 Å². The van der Waals surface area contributed by atoms with E-state index in [-0.39, 0.29) is 5.57 Å². The monoisotopic (exact) mass is 455 g/mol. The van der Waals surface area contributed by atoms with Gasteiger partial charge in [-0.1, -0.05) is 73.7 Å². The van der Waals surface area contributed by atoms with E-state index in [0.29, 0.717) is 12.2 Å². The molecule has 35 heavy (non-hydrogen) atoms. The number of fused-ring (bicyclic) bond motifs is 2. The number of carbonyl (C=O) groups excluding carboxylic acids is 1. The SMILES string of the molecule is CCc1ccc(NC(=O)/C(C#N)=C/c2cn(Cc3ccc4ccccc4c3)c3ccccc23)cc1. The average Bonchev–Trinajstić information content (AvgIpc) is 3.24. The second kappa shape index (κ2) is 9.70. The number of para-hydroxylation sites is 1. The lowest BCUT2D eigenvalue weighted by Gasteiger charge is -2.07. The number of hydrogen-bond acceptors (Lipinski definition) is 2. The highest BCUT2D eigenvalue weighted by Crippen LogP contribution is 2.26. The molecular formula is C31H25N3O. The molecule has 0 atom stereocenters. The van der Waals surface area contributed by atoms with Gasteiger partial charge in [-0.05, 0) is 58.7 Å². The topological polar surface area (TPSA) is 57.8 Å². The zero-order valence-electron chi connectivity index (χ0n) is 19.5. The predicted molar refractivity (Wildman–Crippen MR) is 143 cm³/mol. The van der Waals surface area contributed by atoms with E-state index in [1.165, 1.54) is 21.9 Å². The van der Waals surface area contributed by atoms with Crippen LogP contribution < -0.4 is 5.32 Å². The summed E-state index contributed by atoms with van der Waals surface area (Å²) in [5.74, 6) is -0.414. The standard InChI is InChI=1S/C31H25N3O/c1-2-22-12-15-28(16-13-22)33-31(35)26(19-32)18-27-21-34(30-10-6-5-9-29(27)30)20-23-11-14-24-7-3-4-8-25(24)17-23/h3-18,21H,2,20H2,1H3,(H,33,35)/b26-18+. The lowest BCUT2D eigenvalue weighted by molar-refractivity contribution is -0.112. The summed E-state index contributed by atoms with van der Waals surface area (Å²) in [6, 6.07) is 32.6. The third-order valence-corrected chi connectivity index (χ3v) is 6.27. The van der Waals surface area contributed by atoms with Crippen LogP contribution in [0.2, 0.25) is 0 Å². The van der Waals surface area contributed by atoms with Gasteiger partial charge >= 0.3 is 0 Å². The maximum absolute atomic E-state index is 12.9. The predicted octanol–water partition coefficient (Wildman–Crippen LogP) is 6.95. The summed E-state index contributed by atoms with van der Waals surface area (Å²) >= 11 is 0. The fraction of sp³-hybridized carbons (Fsp3) is 0.0968. The Morgan fingerprint density at radius 2 is 1.63 bits per heavy atom. The van der Waals surface area contributed by atoms with Crippen molar-refractivity contribution in [3.63, 3.8) is 0 Å². The van der Waals surface area contributed by atoms with Gasteiger partial charge in [-0.25, -0.2) is 0 Å². The normalized spacial score (nSPS) is 11.5. The van der Waals surface area contributed by atoms with E-state index < -0.39 is 5.91 Å². The molecule has 4 heteroatoms. The molecule has 0 saturated carbocycles. The molecule has 0 bridgehead atoms. The van der Waals surface area contributed by atoms with Gasteiger partial charge in [0.25, 0.3) is 5.91 Å². The van der Waals surface area contributed by atoms with Crippen LogP contribution in [0.5, 0.6) is 0 Å². The zero-order chi connectivity index (χ0) is 24.2. The highest BCUT2D eigenvalue weighted by Gasteiger charge is 2.13. The van der Waals surface area contributed by atoms with Gasteiger partial charge in [0.2, 0.25) is 0 Å². The third-order valence-electron chi connectivity index (χ3n) is 6.27. The molecule has 0 fully saturated rings. The van der Waals surface area contributed by atoms with Gasteiger partial charge in [-0.15, -0.1) is 0 Å². The minimum Gasteiger partial charge on any atom is -0.342 e. The summed E-state index contributed by atoms with van der Waals surface area (Å²) in [7, 11) is 0. The molecule has 1 aromatic heterocycles. The minimum atomic E-state index is -0.414. The number of hydrogen-bond donors (Lipinski definition) is 1. The van der Waals surface area contributed by atoms with Crippen LogP contribution in [0, 0.1) is 11.3 Å². The first kappa shape index (κ1) is 22.2. The number of amides is 1. The number of nitrogens with zero attached hydrogens (tertiary/aromatic N) is 2. The molecule has 0 saturated heterocycles. The van der Waals surface area contributed by atoms with E-state index in [2.05, 4.69) is 59.3 Å². The Balaban J connectivity index is 1.46. The van der Waals surface area contributed by atoms with Crippen LogP contribution in [0.25, 0.3) is 27.8 Å². The average molecular weight is 456 g/mol. The minimum absolute atomic E-state index is 0.0678. The van der Waals surface area contributed by atoms with Gasteiger partial charge in [-0.3, -0.25) is 4.79 Å². The van der Waals surface area contributed by atoms with Gasteiger partial charge in [0.05, 0.1) is 0 Å². The molecule has 0 unspecified atom stereocenters. The number of aryl methyl sites for hydroxylation is 1. The Morgan fingerprint density at radius 3 is 2.40 bits per heavy atom. The van der Waals surface area contributed by atoms with Crippen LogP contribution >= 0.6 is 0 Å². The van der Waals surface area contributed by atoms with Crippen molar-refractivity contribution in [1.82, 2.24) is 4.57 Å². The molecule has 4 nitrogen and oxygen atoms in total. The van der Waals surface area contributed by atoms with Crippen LogP contribution in [0.1, 0.15) is 23.6 Å².